The Morgan fingerprint density at radius 2 is 1.69 bits per heavy atom. The average Bonchev–Trinajstić information content (AvgIpc) is 3.32. The van der Waals surface area contributed by atoms with Crippen molar-refractivity contribution < 1.29 is 13.2 Å². The monoisotopic (exact) mass is 548 g/mol. The van der Waals surface area contributed by atoms with Gasteiger partial charge in [0.25, 0.3) is 0 Å². The molecule has 0 bridgehead atoms. The highest BCUT2D eigenvalue weighted by molar-refractivity contribution is 7.89. The first-order valence-corrected chi connectivity index (χ1v) is 15.2. The first kappa shape index (κ1) is 27.2. The van der Waals surface area contributed by atoms with E-state index in [2.05, 4.69) is 44.3 Å². The second-order valence-corrected chi connectivity index (χ2v) is 12.2. The average molecular weight is 549 g/mol. The van der Waals surface area contributed by atoms with Crippen molar-refractivity contribution in [1.29, 1.82) is 0 Å². The molecule has 1 fully saturated rings. The molecule has 1 aliphatic rings. The minimum Gasteiger partial charge on any atom is -0.367 e. The lowest BCUT2D eigenvalue weighted by atomic mass is 9.91. The SMILES string of the molecule is CC(C)CS(=O)(=O)NCc1nc2c(NCC(c3ccccc3)c3ccccc3)ncnc2n1C1CCCCO1. The van der Waals surface area contributed by atoms with Crippen LogP contribution in [0, 0.1) is 5.92 Å². The van der Waals surface area contributed by atoms with Crippen molar-refractivity contribution >= 4 is 27.0 Å². The summed E-state index contributed by atoms with van der Waals surface area (Å²) in [4.78, 5) is 14.0. The summed E-state index contributed by atoms with van der Waals surface area (Å²) >= 11 is 0. The number of hydrogen-bond acceptors (Lipinski definition) is 7. The number of aromatic nitrogens is 4. The largest absolute Gasteiger partial charge is 0.367 e. The second kappa shape index (κ2) is 12.2. The number of fused-ring (bicyclic) bond motifs is 1. The van der Waals surface area contributed by atoms with Crippen molar-refractivity contribution in [3.05, 3.63) is 83.9 Å². The van der Waals surface area contributed by atoms with Crippen LogP contribution in [-0.2, 0) is 21.3 Å². The number of sulfonamides is 1. The Morgan fingerprint density at radius 3 is 2.31 bits per heavy atom. The standard InChI is InChI=1S/C29H36N6O3S/c1-21(2)19-39(36,37)33-18-25-34-27-28(31-20-32-29(27)35(25)26-15-9-10-16-38-26)30-17-24(22-11-5-3-6-12-22)23-13-7-4-8-14-23/h3-8,11-14,20-21,24,26,33H,9-10,15-19H2,1-2H3,(H,30,31,32). The molecule has 1 atom stereocenters. The molecule has 0 radical (unpaired) electrons. The number of anilines is 1. The highest BCUT2D eigenvalue weighted by atomic mass is 32.2. The van der Waals surface area contributed by atoms with Gasteiger partial charge in [-0.2, -0.15) is 0 Å². The van der Waals surface area contributed by atoms with E-state index in [4.69, 9.17) is 9.72 Å². The normalized spacial score (nSPS) is 16.3. The van der Waals surface area contributed by atoms with Crippen molar-refractivity contribution in [3.63, 3.8) is 0 Å². The van der Waals surface area contributed by atoms with Crippen molar-refractivity contribution in [2.24, 2.45) is 5.92 Å². The number of rotatable bonds is 11. The predicted molar refractivity (Wildman–Crippen MR) is 153 cm³/mol. The van der Waals surface area contributed by atoms with E-state index in [0.717, 1.165) is 19.3 Å². The van der Waals surface area contributed by atoms with Crippen LogP contribution in [0.2, 0.25) is 0 Å². The summed E-state index contributed by atoms with van der Waals surface area (Å²) in [5.74, 6) is 1.35. The predicted octanol–water partition coefficient (Wildman–Crippen LogP) is 4.84. The molecule has 2 aromatic heterocycles. The van der Waals surface area contributed by atoms with E-state index in [1.165, 1.54) is 17.5 Å². The molecule has 4 aromatic rings. The molecule has 0 aliphatic carbocycles. The highest BCUT2D eigenvalue weighted by Crippen LogP contribution is 2.31. The topological polar surface area (TPSA) is 111 Å². The molecule has 1 aliphatic heterocycles. The molecule has 0 saturated carbocycles. The fraction of sp³-hybridized carbons (Fsp3) is 0.414. The Balaban J connectivity index is 1.47. The van der Waals surface area contributed by atoms with Crippen molar-refractivity contribution in [1.82, 2.24) is 24.2 Å². The molecular formula is C29H36N6O3S. The number of benzene rings is 2. The van der Waals surface area contributed by atoms with Crippen LogP contribution in [-0.4, -0.2) is 46.8 Å². The second-order valence-electron chi connectivity index (χ2n) is 10.4. The molecule has 5 rings (SSSR count). The van der Waals surface area contributed by atoms with E-state index in [0.29, 0.717) is 36.0 Å². The van der Waals surface area contributed by atoms with Gasteiger partial charge in [-0.15, -0.1) is 0 Å². The van der Waals surface area contributed by atoms with Crippen LogP contribution >= 0.6 is 0 Å². The number of ether oxygens (including phenoxy) is 1. The van der Waals surface area contributed by atoms with E-state index in [1.807, 2.05) is 54.8 Å². The minimum atomic E-state index is -3.45. The van der Waals surface area contributed by atoms with Crippen LogP contribution in [0.25, 0.3) is 11.2 Å². The Morgan fingerprint density at radius 1 is 1.00 bits per heavy atom. The molecule has 2 N–H and O–H groups in total. The van der Waals surface area contributed by atoms with Crippen LogP contribution in [0.1, 0.15) is 62.2 Å². The molecule has 9 nitrogen and oxygen atoms in total. The van der Waals surface area contributed by atoms with Crippen LogP contribution < -0.4 is 10.0 Å². The fourth-order valence-corrected chi connectivity index (χ4v) is 6.45. The maximum Gasteiger partial charge on any atom is 0.212 e. The maximum atomic E-state index is 12.6. The summed E-state index contributed by atoms with van der Waals surface area (Å²) in [6.45, 7) is 5.07. The van der Waals surface area contributed by atoms with E-state index < -0.39 is 10.0 Å². The number of imidazole rings is 1. The molecule has 1 unspecified atom stereocenters. The van der Waals surface area contributed by atoms with Crippen molar-refractivity contribution in [2.45, 2.75) is 51.8 Å². The molecule has 206 valence electrons. The van der Waals surface area contributed by atoms with Gasteiger partial charge in [-0.25, -0.2) is 28.1 Å². The number of nitrogens with one attached hydrogen (secondary N) is 2. The molecule has 0 spiro atoms. The molecular weight excluding hydrogens is 512 g/mol. The third-order valence-corrected chi connectivity index (χ3v) is 8.56. The van der Waals surface area contributed by atoms with Crippen LogP contribution in [0.3, 0.4) is 0 Å². The first-order chi connectivity index (χ1) is 18.9. The van der Waals surface area contributed by atoms with Gasteiger partial charge in [-0.05, 0) is 36.3 Å². The van der Waals surface area contributed by atoms with E-state index in [9.17, 15) is 8.42 Å². The Labute approximate surface area is 230 Å². The lowest BCUT2D eigenvalue weighted by molar-refractivity contribution is -0.0314. The molecule has 39 heavy (non-hydrogen) atoms. The molecule has 3 heterocycles. The number of nitrogens with zero attached hydrogens (tertiary/aromatic N) is 4. The Kier molecular flexibility index (Phi) is 8.54. The van der Waals surface area contributed by atoms with E-state index >= 15 is 0 Å². The van der Waals surface area contributed by atoms with Gasteiger partial charge in [-0.1, -0.05) is 74.5 Å². The lowest BCUT2D eigenvalue weighted by Gasteiger charge is -2.25. The molecule has 10 heteroatoms. The first-order valence-electron chi connectivity index (χ1n) is 13.6. The van der Waals surface area contributed by atoms with Crippen LogP contribution in [0.5, 0.6) is 0 Å². The lowest BCUT2D eigenvalue weighted by Crippen LogP contribution is -2.30. The van der Waals surface area contributed by atoms with E-state index in [1.54, 1.807) is 0 Å². The maximum absolute atomic E-state index is 12.6. The van der Waals surface area contributed by atoms with Gasteiger partial charge in [0, 0.05) is 19.1 Å². The zero-order chi connectivity index (χ0) is 27.2. The minimum absolute atomic E-state index is 0.0202. The molecule has 1 saturated heterocycles. The molecule has 0 amide bonds. The van der Waals surface area contributed by atoms with Gasteiger partial charge >= 0.3 is 0 Å². The summed E-state index contributed by atoms with van der Waals surface area (Å²) in [7, 11) is -3.45. The van der Waals surface area contributed by atoms with Gasteiger partial charge < -0.3 is 10.1 Å². The fourth-order valence-electron chi connectivity index (χ4n) is 5.11. The van der Waals surface area contributed by atoms with Gasteiger partial charge in [0.1, 0.15) is 18.4 Å². The highest BCUT2D eigenvalue weighted by Gasteiger charge is 2.26. The number of hydrogen-bond donors (Lipinski definition) is 2. The van der Waals surface area contributed by atoms with Crippen molar-refractivity contribution in [3.8, 4) is 0 Å². The molecule has 2 aromatic carbocycles. The van der Waals surface area contributed by atoms with Crippen molar-refractivity contribution in [2.75, 3.05) is 24.2 Å². The van der Waals surface area contributed by atoms with E-state index in [-0.39, 0.29) is 30.4 Å². The summed E-state index contributed by atoms with van der Waals surface area (Å²) in [6.07, 6.45) is 4.11. The summed E-state index contributed by atoms with van der Waals surface area (Å²) in [5.41, 5.74) is 3.63. The van der Waals surface area contributed by atoms with Gasteiger partial charge in [-0.3, -0.25) is 4.57 Å². The summed E-state index contributed by atoms with van der Waals surface area (Å²) in [5, 5.41) is 3.52. The third-order valence-electron chi connectivity index (χ3n) is 6.87. The third kappa shape index (κ3) is 6.63. The zero-order valence-corrected chi connectivity index (χ0v) is 23.3. The zero-order valence-electron chi connectivity index (χ0n) is 22.5. The Hall–Kier alpha value is -3.34. The van der Waals surface area contributed by atoms with Gasteiger partial charge in [0.05, 0.1) is 12.3 Å². The smallest absolute Gasteiger partial charge is 0.212 e. The van der Waals surface area contributed by atoms with Crippen LogP contribution in [0.4, 0.5) is 5.82 Å². The Bertz CT molecular complexity index is 1430. The van der Waals surface area contributed by atoms with Gasteiger partial charge in [0.15, 0.2) is 17.0 Å². The van der Waals surface area contributed by atoms with Gasteiger partial charge in [0.2, 0.25) is 10.0 Å². The summed E-state index contributed by atoms with van der Waals surface area (Å²) in [6, 6.07) is 20.7. The summed E-state index contributed by atoms with van der Waals surface area (Å²) < 4.78 is 36.0. The quantitative estimate of drug-likeness (QED) is 0.276. The van der Waals surface area contributed by atoms with Crippen LogP contribution in [0.15, 0.2) is 67.0 Å².